The molecule has 2 aromatic rings. The molecule has 0 atom stereocenters. The zero-order valence-corrected chi connectivity index (χ0v) is 23.9. The van der Waals surface area contributed by atoms with E-state index in [-0.39, 0.29) is 39.4 Å². The molecule has 0 bridgehead atoms. The summed E-state index contributed by atoms with van der Waals surface area (Å²) >= 11 is 13.2. The van der Waals surface area contributed by atoms with Crippen molar-refractivity contribution in [3.8, 4) is 0 Å². The zero-order valence-electron chi connectivity index (χ0n) is 21.6. The van der Waals surface area contributed by atoms with E-state index in [2.05, 4.69) is 10.6 Å². The minimum absolute atomic E-state index is 0.0197. The maximum atomic E-state index is 13.6. The van der Waals surface area contributed by atoms with Crippen molar-refractivity contribution in [1.82, 2.24) is 14.7 Å². The molecule has 3 rings (SSSR count). The second-order valence-electron chi connectivity index (χ2n) is 10.1. The van der Waals surface area contributed by atoms with Crippen molar-refractivity contribution in [2.45, 2.75) is 32.6 Å². The number of amides is 4. The van der Waals surface area contributed by atoms with Crippen LogP contribution in [0.2, 0.25) is 10.0 Å². The molecule has 12 heteroatoms. The van der Waals surface area contributed by atoms with Gasteiger partial charge in [0.1, 0.15) is 10.7 Å². The van der Waals surface area contributed by atoms with Crippen LogP contribution >= 0.6 is 34.5 Å². The maximum absolute atomic E-state index is 13.6. The van der Waals surface area contributed by atoms with Gasteiger partial charge in [0.15, 0.2) is 0 Å². The number of nitrogens with zero attached hydrogens (tertiary/aromatic N) is 3. The van der Waals surface area contributed by atoms with Gasteiger partial charge in [-0.1, -0.05) is 44.0 Å². The van der Waals surface area contributed by atoms with Crippen LogP contribution < -0.4 is 10.6 Å². The number of hydrogen-bond acceptors (Lipinski definition) is 5. The van der Waals surface area contributed by atoms with E-state index in [0.717, 1.165) is 17.5 Å². The van der Waals surface area contributed by atoms with Gasteiger partial charge in [-0.3, -0.25) is 9.59 Å². The van der Waals surface area contributed by atoms with Crippen LogP contribution in [-0.2, 0) is 10.2 Å². The van der Waals surface area contributed by atoms with Crippen LogP contribution in [0, 0.1) is 5.82 Å². The molecular formula is C25H32Cl2FN5O3S. The number of benzene rings is 1. The van der Waals surface area contributed by atoms with Crippen molar-refractivity contribution in [3.63, 3.8) is 0 Å². The second kappa shape index (κ2) is 12.0. The Morgan fingerprint density at radius 3 is 2.41 bits per heavy atom. The van der Waals surface area contributed by atoms with Crippen LogP contribution in [0.15, 0.2) is 18.2 Å². The van der Waals surface area contributed by atoms with E-state index in [1.165, 1.54) is 17.4 Å². The Labute approximate surface area is 230 Å². The third-order valence-electron chi connectivity index (χ3n) is 5.89. The summed E-state index contributed by atoms with van der Waals surface area (Å²) in [5.74, 6) is -0.929. The molecule has 2 heterocycles. The number of halogens is 3. The molecule has 1 saturated heterocycles. The molecule has 2 N–H and O–H groups in total. The van der Waals surface area contributed by atoms with Crippen LogP contribution in [0.1, 0.15) is 41.7 Å². The summed E-state index contributed by atoms with van der Waals surface area (Å²) < 4.78 is 13.6. The van der Waals surface area contributed by atoms with Crippen molar-refractivity contribution in [1.29, 1.82) is 0 Å². The van der Waals surface area contributed by atoms with E-state index in [1.54, 1.807) is 15.9 Å². The third-order valence-corrected chi connectivity index (χ3v) is 8.30. The lowest BCUT2D eigenvalue weighted by Crippen LogP contribution is -2.38. The van der Waals surface area contributed by atoms with E-state index in [1.807, 2.05) is 39.8 Å². The fraction of sp³-hybridized carbons (Fsp3) is 0.480. The largest absolute Gasteiger partial charge is 0.340 e. The first-order chi connectivity index (χ1) is 17.3. The molecule has 0 spiro atoms. The highest BCUT2D eigenvalue weighted by Gasteiger charge is 2.30. The number of rotatable bonds is 6. The lowest BCUT2D eigenvalue weighted by molar-refractivity contribution is -0.130. The van der Waals surface area contributed by atoms with Gasteiger partial charge in [-0.05, 0) is 37.7 Å². The van der Waals surface area contributed by atoms with Crippen molar-refractivity contribution < 1.29 is 18.8 Å². The van der Waals surface area contributed by atoms with Gasteiger partial charge in [0, 0.05) is 44.0 Å². The minimum atomic E-state index is -0.700. The van der Waals surface area contributed by atoms with Crippen molar-refractivity contribution in [2.24, 2.45) is 0 Å². The highest BCUT2D eigenvalue weighted by molar-refractivity contribution is 7.14. The number of thiophene rings is 1. The Morgan fingerprint density at radius 2 is 1.76 bits per heavy atom. The molecule has 1 aromatic heterocycles. The minimum Gasteiger partial charge on any atom is -0.340 e. The van der Waals surface area contributed by atoms with Gasteiger partial charge in [-0.15, -0.1) is 11.3 Å². The van der Waals surface area contributed by atoms with E-state index < -0.39 is 11.8 Å². The number of anilines is 2. The van der Waals surface area contributed by atoms with E-state index in [4.69, 9.17) is 23.2 Å². The predicted octanol–water partition coefficient (Wildman–Crippen LogP) is 5.37. The first kappa shape index (κ1) is 29.2. The van der Waals surface area contributed by atoms with Crippen LogP contribution in [0.25, 0.3) is 0 Å². The normalized spacial score (nSPS) is 14.7. The number of hydrogen-bond donors (Lipinski definition) is 2. The fourth-order valence-corrected chi connectivity index (χ4v) is 5.19. The quantitative estimate of drug-likeness (QED) is 0.456. The van der Waals surface area contributed by atoms with Gasteiger partial charge in [0.25, 0.3) is 5.91 Å². The standard InChI is InChI=1S/C25H32Cl2FN5O3S/c1-25(2,3)18-14-17(30-24(36)29-16-7-6-15(28)20(26)21(16)27)22(37-18)23(35)33-9-8-19(34)32(12-13-33)11-10-31(4)5/h6-7,14H,8-13H2,1-5H3,(H2,29,30,36). The Hall–Kier alpha value is -2.40. The molecule has 202 valence electrons. The molecule has 1 aliphatic heterocycles. The molecule has 1 aromatic carbocycles. The molecule has 1 fully saturated rings. The molecule has 0 aliphatic carbocycles. The molecule has 8 nitrogen and oxygen atoms in total. The first-order valence-electron chi connectivity index (χ1n) is 11.9. The summed E-state index contributed by atoms with van der Waals surface area (Å²) in [6, 6.07) is 3.53. The van der Waals surface area contributed by atoms with Crippen molar-refractivity contribution in [3.05, 3.63) is 43.8 Å². The summed E-state index contributed by atoms with van der Waals surface area (Å²) in [6.45, 7) is 8.54. The number of urea groups is 1. The average Bonchev–Trinajstić information content (AvgIpc) is 3.15. The summed E-state index contributed by atoms with van der Waals surface area (Å²) in [6.07, 6.45) is 0.240. The van der Waals surface area contributed by atoms with Gasteiger partial charge in [0.2, 0.25) is 5.91 Å². The average molecular weight is 573 g/mol. The van der Waals surface area contributed by atoms with Crippen LogP contribution in [0.5, 0.6) is 0 Å². The van der Waals surface area contributed by atoms with Gasteiger partial charge >= 0.3 is 6.03 Å². The number of carbonyl (C=O) groups excluding carboxylic acids is 3. The summed E-state index contributed by atoms with van der Waals surface area (Å²) in [5, 5.41) is 4.87. The summed E-state index contributed by atoms with van der Waals surface area (Å²) in [4.78, 5) is 45.8. The summed E-state index contributed by atoms with van der Waals surface area (Å²) in [7, 11) is 3.90. The highest BCUT2D eigenvalue weighted by atomic mass is 35.5. The molecule has 0 radical (unpaired) electrons. The topological polar surface area (TPSA) is 85.0 Å². The van der Waals surface area contributed by atoms with Gasteiger partial charge in [-0.25, -0.2) is 9.18 Å². The van der Waals surface area contributed by atoms with Crippen LogP contribution in [-0.4, -0.2) is 79.4 Å². The monoisotopic (exact) mass is 571 g/mol. The number of carbonyl (C=O) groups is 3. The van der Waals surface area contributed by atoms with E-state index in [0.29, 0.717) is 36.7 Å². The lowest BCUT2D eigenvalue weighted by Gasteiger charge is -2.23. The number of likely N-dealkylation sites (N-methyl/N-ethyl adjacent to an activating group) is 1. The Bertz CT molecular complexity index is 1180. The first-order valence-corrected chi connectivity index (χ1v) is 13.4. The van der Waals surface area contributed by atoms with Crippen LogP contribution in [0.4, 0.5) is 20.6 Å². The maximum Gasteiger partial charge on any atom is 0.323 e. The van der Waals surface area contributed by atoms with E-state index in [9.17, 15) is 18.8 Å². The zero-order chi connectivity index (χ0) is 27.5. The smallest absolute Gasteiger partial charge is 0.323 e. The SMILES string of the molecule is CN(C)CCN1CCN(C(=O)c2sc(C(C)(C)C)cc2NC(=O)Nc2ccc(F)c(Cl)c2Cl)CCC1=O. The van der Waals surface area contributed by atoms with Crippen LogP contribution in [0.3, 0.4) is 0 Å². The molecule has 37 heavy (non-hydrogen) atoms. The Morgan fingerprint density at radius 1 is 1.08 bits per heavy atom. The highest BCUT2D eigenvalue weighted by Crippen LogP contribution is 2.37. The third kappa shape index (κ3) is 7.34. The van der Waals surface area contributed by atoms with Crippen molar-refractivity contribution >= 4 is 63.8 Å². The fourth-order valence-electron chi connectivity index (χ4n) is 3.68. The van der Waals surface area contributed by atoms with Gasteiger partial charge in [-0.2, -0.15) is 0 Å². The predicted molar refractivity (Wildman–Crippen MR) is 148 cm³/mol. The Kier molecular flexibility index (Phi) is 9.44. The molecule has 0 unspecified atom stereocenters. The van der Waals surface area contributed by atoms with Gasteiger partial charge in [0.05, 0.1) is 21.4 Å². The molecule has 4 amide bonds. The second-order valence-corrected chi connectivity index (χ2v) is 11.9. The molecular weight excluding hydrogens is 540 g/mol. The number of nitrogens with one attached hydrogen (secondary N) is 2. The molecule has 0 saturated carbocycles. The Balaban J connectivity index is 1.81. The van der Waals surface area contributed by atoms with Crippen molar-refractivity contribution in [2.75, 3.05) is 57.5 Å². The summed E-state index contributed by atoms with van der Waals surface area (Å²) in [5.41, 5.74) is 0.220. The lowest BCUT2D eigenvalue weighted by atomic mass is 9.94. The molecule has 1 aliphatic rings. The van der Waals surface area contributed by atoms with E-state index >= 15 is 0 Å². The van der Waals surface area contributed by atoms with Gasteiger partial charge < -0.3 is 25.3 Å².